The second-order valence-electron chi connectivity index (χ2n) is 6.87. The van der Waals surface area contributed by atoms with Gasteiger partial charge in [-0.3, -0.25) is 9.36 Å². The van der Waals surface area contributed by atoms with Crippen molar-refractivity contribution in [2.24, 2.45) is 0 Å². The smallest absolute Gasteiger partial charge is 0.253 e. The number of likely N-dealkylation sites (tertiary alicyclic amines) is 1. The maximum atomic E-state index is 12.6. The van der Waals surface area contributed by atoms with Gasteiger partial charge in [0.15, 0.2) is 0 Å². The van der Waals surface area contributed by atoms with Gasteiger partial charge in [0.05, 0.1) is 5.69 Å². The number of amides is 1. The Balaban J connectivity index is 1.63. The lowest BCUT2D eigenvalue weighted by Crippen LogP contribution is -2.35. The van der Waals surface area contributed by atoms with E-state index in [-0.39, 0.29) is 17.7 Å². The third-order valence-electron chi connectivity index (χ3n) is 5.22. The Kier molecular flexibility index (Phi) is 4.41. The summed E-state index contributed by atoms with van der Waals surface area (Å²) in [5, 5.41) is 21.7. The fraction of sp³-hybridized carbons (Fsp3) is 0.350. The van der Waals surface area contributed by atoms with E-state index in [1.54, 1.807) is 24.3 Å². The minimum Gasteiger partial charge on any atom is -0.494 e. The number of fused-ring (bicyclic) bond motifs is 1. The molecular formula is C20H21ClN2O3. The number of hydrogen-bond acceptors (Lipinski definition) is 3. The second kappa shape index (κ2) is 6.72. The zero-order valence-electron chi connectivity index (χ0n) is 14.4. The lowest BCUT2D eigenvalue weighted by Gasteiger charge is -2.26. The van der Waals surface area contributed by atoms with Crippen LogP contribution in [0.4, 0.5) is 0 Å². The summed E-state index contributed by atoms with van der Waals surface area (Å²) in [6, 6.07) is 6.99. The molecule has 1 aliphatic heterocycles. The summed E-state index contributed by atoms with van der Waals surface area (Å²) < 4.78 is 1.41. The Hall–Kier alpha value is -2.40. The van der Waals surface area contributed by atoms with Crippen molar-refractivity contribution in [1.82, 2.24) is 9.47 Å². The molecule has 0 spiro atoms. The van der Waals surface area contributed by atoms with E-state index in [9.17, 15) is 15.0 Å². The quantitative estimate of drug-likeness (QED) is 0.844. The molecule has 0 atom stereocenters. The third-order valence-corrected chi connectivity index (χ3v) is 5.50. The van der Waals surface area contributed by atoms with Crippen LogP contribution < -0.4 is 0 Å². The van der Waals surface area contributed by atoms with Crippen molar-refractivity contribution in [3.05, 3.63) is 52.1 Å². The third kappa shape index (κ3) is 2.86. The molecule has 1 aliphatic carbocycles. The maximum Gasteiger partial charge on any atom is 0.253 e. The molecule has 0 saturated carbocycles. The fourth-order valence-corrected chi connectivity index (χ4v) is 3.98. The van der Waals surface area contributed by atoms with Gasteiger partial charge in [0.2, 0.25) is 11.8 Å². The Morgan fingerprint density at radius 1 is 0.962 bits per heavy atom. The Labute approximate surface area is 157 Å². The van der Waals surface area contributed by atoms with Crippen LogP contribution in [0, 0.1) is 0 Å². The molecule has 1 fully saturated rings. The molecule has 0 radical (unpaired) electrons. The van der Waals surface area contributed by atoms with Gasteiger partial charge in [-0.05, 0) is 49.9 Å². The summed E-state index contributed by atoms with van der Waals surface area (Å²) in [4.78, 5) is 14.5. The minimum absolute atomic E-state index is 0.00106. The van der Waals surface area contributed by atoms with Crippen molar-refractivity contribution in [2.45, 2.75) is 32.1 Å². The van der Waals surface area contributed by atoms with E-state index < -0.39 is 0 Å². The second-order valence-corrected chi connectivity index (χ2v) is 7.36. The SMILES string of the molecule is O=C(c1ccc(-n2c(O)c3c(c2O)CC(Cl)=CC3)cc1)N1CCCCC1. The van der Waals surface area contributed by atoms with Crippen LogP contribution in [0.3, 0.4) is 0 Å². The summed E-state index contributed by atoms with van der Waals surface area (Å²) in [7, 11) is 0. The summed E-state index contributed by atoms with van der Waals surface area (Å²) in [6.45, 7) is 1.61. The van der Waals surface area contributed by atoms with Crippen LogP contribution >= 0.6 is 11.6 Å². The number of hydrogen-bond donors (Lipinski definition) is 2. The molecule has 2 heterocycles. The van der Waals surface area contributed by atoms with Gasteiger partial charge in [-0.15, -0.1) is 0 Å². The largest absolute Gasteiger partial charge is 0.494 e. The van der Waals surface area contributed by atoms with E-state index in [0.717, 1.165) is 25.9 Å². The highest BCUT2D eigenvalue weighted by atomic mass is 35.5. The van der Waals surface area contributed by atoms with E-state index in [2.05, 4.69) is 0 Å². The van der Waals surface area contributed by atoms with Gasteiger partial charge in [-0.1, -0.05) is 17.7 Å². The van der Waals surface area contributed by atoms with Crippen molar-refractivity contribution >= 4 is 17.5 Å². The monoisotopic (exact) mass is 372 g/mol. The zero-order valence-corrected chi connectivity index (χ0v) is 15.2. The van der Waals surface area contributed by atoms with E-state index in [1.807, 2.05) is 11.0 Å². The number of nitrogens with zero attached hydrogens (tertiary/aromatic N) is 2. The fourth-order valence-electron chi connectivity index (χ4n) is 3.77. The molecule has 1 aromatic heterocycles. The number of rotatable bonds is 2. The highest BCUT2D eigenvalue weighted by Crippen LogP contribution is 2.41. The molecular weight excluding hydrogens is 352 g/mol. The van der Waals surface area contributed by atoms with E-state index >= 15 is 0 Å². The van der Waals surface area contributed by atoms with Gasteiger partial charge in [0.1, 0.15) is 0 Å². The molecule has 1 aromatic carbocycles. The van der Waals surface area contributed by atoms with Crippen LogP contribution in [0.25, 0.3) is 5.69 Å². The molecule has 136 valence electrons. The maximum absolute atomic E-state index is 12.6. The van der Waals surface area contributed by atoms with Gasteiger partial charge in [-0.2, -0.15) is 0 Å². The van der Waals surface area contributed by atoms with Crippen LogP contribution in [0.1, 0.15) is 40.7 Å². The number of allylic oxidation sites excluding steroid dienone is 2. The molecule has 2 aliphatic rings. The normalized spacial score (nSPS) is 17.0. The lowest BCUT2D eigenvalue weighted by atomic mass is 10.0. The van der Waals surface area contributed by atoms with Crippen LogP contribution in [0.15, 0.2) is 35.4 Å². The summed E-state index contributed by atoms with van der Waals surface area (Å²) >= 11 is 6.07. The number of carbonyl (C=O) groups is 1. The first-order valence-electron chi connectivity index (χ1n) is 8.95. The summed E-state index contributed by atoms with van der Waals surface area (Å²) in [6.07, 6.45) is 6.03. The molecule has 26 heavy (non-hydrogen) atoms. The number of carbonyl (C=O) groups excluding carboxylic acids is 1. The summed E-state index contributed by atoms with van der Waals surface area (Å²) in [5.74, 6) is 0.0550. The predicted octanol–water partition coefficient (Wildman–Crippen LogP) is 3.74. The average Bonchev–Trinajstić information content (AvgIpc) is 2.92. The number of piperidine rings is 1. The molecule has 0 unspecified atom stereocenters. The van der Waals surface area contributed by atoms with Crippen molar-refractivity contribution in [1.29, 1.82) is 0 Å². The van der Waals surface area contributed by atoms with E-state index in [1.165, 1.54) is 11.0 Å². The zero-order chi connectivity index (χ0) is 18.3. The van der Waals surface area contributed by atoms with Crippen molar-refractivity contribution < 1.29 is 15.0 Å². The first-order chi connectivity index (χ1) is 12.6. The highest BCUT2D eigenvalue weighted by molar-refractivity contribution is 6.29. The number of aromatic nitrogens is 1. The Morgan fingerprint density at radius 2 is 1.62 bits per heavy atom. The van der Waals surface area contributed by atoms with Gasteiger partial charge in [0.25, 0.3) is 5.91 Å². The van der Waals surface area contributed by atoms with Crippen LogP contribution in [-0.2, 0) is 12.8 Å². The molecule has 5 nitrogen and oxygen atoms in total. The predicted molar refractivity (Wildman–Crippen MR) is 100 cm³/mol. The highest BCUT2D eigenvalue weighted by Gasteiger charge is 2.26. The van der Waals surface area contributed by atoms with E-state index in [0.29, 0.717) is 40.3 Å². The first-order valence-corrected chi connectivity index (χ1v) is 9.32. The number of benzene rings is 1. The van der Waals surface area contributed by atoms with Crippen molar-refractivity contribution in [3.63, 3.8) is 0 Å². The Morgan fingerprint density at radius 3 is 2.31 bits per heavy atom. The molecule has 1 amide bonds. The molecule has 0 bridgehead atoms. The molecule has 1 saturated heterocycles. The van der Waals surface area contributed by atoms with Crippen molar-refractivity contribution in [3.8, 4) is 17.4 Å². The van der Waals surface area contributed by atoms with Gasteiger partial charge >= 0.3 is 0 Å². The molecule has 4 rings (SSSR count). The van der Waals surface area contributed by atoms with Crippen LogP contribution in [0.2, 0.25) is 0 Å². The van der Waals surface area contributed by atoms with Crippen LogP contribution in [-0.4, -0.2) is 38.7 Å². The van der Waals surface area contributed by atoms with Gasteiger partial charge in [-0.25, -0.2) is 0 Å². The minimum atomic E-state index is -0.00106. The molecule has 2 aromatic rings. The van der Waals surface area contributed by atoms with Gasteiger partial charge < -0.3 is 15.1 Å². The molecule has 6 heteroatoms. The summed E-state index contributed by atoms with van der Waals surface area (Å²) in [5.41, 5.74) is 2.58. The number of halogens is 1. The topological polar surface area (TPSA) is 65.7 Å². The van der Waals surface area contributed by atoms with Gasteiger partial charge in [0, 0.05) is 41.2 Å². The lowest BCUT2D eigenvalue weighted by molar-refractivity contribution is 0.0724. The number of aromatic hydroxyl groups is 2. The van der Waals surface area contributed by atoms with Crippen molar-refractivity contribution in [2.75, 3.05) is 13.1 Å². The van der Waals surface area contributed by atoms with Crippen LogP contribution in [0.5, 0.6) is 11.8 Å². The Bertz CT molecular complexity index is 877. The van der Waals surface area contributed by atoms with E-state index in [4.69, 9.17) is 11.6 Å². The first kappa shape index (κ1) is 17.0. The average molecular weight is 373 g/mol. The standard InChI is InChI=1S/C20H21ClN2O3/c21-14-6-9-16-17(12-14)20(26)23(19(16)25)15-7-4-13(5-8-15)18(24)22-10-2-1-3-11-22/h4-8,25-26H,1-3,9-12H2. The molecule has 2 N–H and O–H groups in total.